The monoisotopic (exact) mass is 320 g/mol. The maximum atomic E-state index is 5.79. The molecule has 2 rings (SSSR count). The molecule has 19 heavy (non-hydrogen) atoms. The first-order valence-corrected chi connectivity index (χ1v) is 7.00. The molecule has 0 aliphatic heterocycles. The van der Waals surface area contributed by atoms with Gasteiger partial charge in [0.05, 0.1) is 4.47 Å². The number of hydrogen-bond acceptors (Lipinski definition) is 3. The maximum absolute atomic E-state index is 5.79. The molecule has 0 saturated carbocycles. The van der Waals surface area contributed by atoms with Gasteiger partial charge in [-0.05, 0) is 53.0 Å². The molecule has 0 fully saturated rings. The number of rotatable bonds is 5. The third kappa shape index (κ3) is 4.33. The summed E-state index contributed by atoms with van der Waals surface area (Å²) >= 11 is 3.53. The summed E-state index contributed by atoms with van der Waals surface area (Å²) in [6.45, 7) is 2.51. The van der Waals surface area contributed by atoms with Crippen LogP contribution in [0.5, 0.6) is 5.75 Å². The van der Waals surface area contributed by atoms with Crippen molar-refractivity contribution in [3.8, 4) is 5.75 Å². The Morgan fingerprint density at radius 1 is 1.32 bits per heavy atom. The summed E-state index contributed by atoms with van der Waals surface area (Å²) in [7, 11) is 0. The zero-order valence-corrected chi connectivity index (χ0v) is 12.4. The molecular weight excluding hydrogens is 304 g/mol. The fourth-order valence-electron chi connectivity index (χ4n) is 1.80. The smallest absolute Gasteiger partial charge is 0.134 e. The molecule has 1 unspecified atom stereocenters. The van der Waals surface area contributed by atoms with Crippen LogP contribution in [0, 0.1) is 0 Å². The average Bonchev–Trinajstić information content (AvgIpc) is 2.38. The molecule has 1 aromatic carbocycles. The minimum absolute atomic E-state index is 0.161. The number of ether oxygens (including phenoxy) is 1. The van der Waals surface area contributed by atoms with Crippen molar-refractivity contribution in [1.29, 1.82) is 0 Å². The van der Waals surface area contributed by atoms with E-state index < -0.39 is 0 Å². The van der Waals surface area contributed by atoms with Crippen LogP contribution in [0.25, 0.3) is 0 Å². The second kappa shape index (κ2) is 6.68. The molecule has 2 aromatic rings. The standard InChI is InChI=1S/C15H17BrN2O/c1-11(17)7-12-4-5-15(14(16)8-12)19-10-13-3-2-6-18-9-13/h2-6,8-9,11H,7,10,17H2,1H3. The van der Waals surface area contributed by atoms with E-state index in [1.54, 1.807) is 12.4 Å². The van der Waals surface area contributed by atoms with E-state index >= 15 is 0 Å². The van der Waals surface area contributed by atoms with Crippen LogP contribution in [-0.4, -0.2) is 11.0 Å². The lowest BCUT2D eigenvalue weighted by Crippen LogP contribution is -2.17. The van der Waals surface area contributed by atoms with E-state index in [9.17, 15) is 0 Å². The molecule has 0 amide bonds. The fourth-order valence-corrected chi connectivity index (χ4v) is 2.35. The van der Waals surface area contributed by atoms with Gasteiger partial charge in [0.2, 0.25) is 0 Å². The number of pyridine rings is 1. The van der Waals surface area contributed by atoms with Crippen LogP contribution in [-0.2, 0) is 13.0 Å². The van der Waals surface area contributed by atoms with Crippen molar-refractivity contribution in [3.05, 3.63) is 58.3 Å². The normalized spacial score (nSPS) is 12.2. The topological polar surface area (TPSA) is 48.1 Å². The van der Waals surface area contributed by atoms with Crippen molar-refractivity contribution in [1.82, 2.24) is 4.98 Å². The van der Waals surface area contributed by atoms with E-state index in [2.05, 4.69) is 27.0 Å². The van der Waals surface area contributed by atoms with Gasteiger partial charge in [0.25, 0.3) is 0 Å². The van der Waals surface area contributed by atoms with Gasteiger partial charge in [-0.1, -0.05) is 12.1 Å². The largest absolute Gasteiger partial charge is 0.488 e. The van der Waals surface area contributed by atoms with Crippen LogP contribution in [0.1, 0.15) is 18.1 Å². The second-order valence-electron chi connectivity index (χ2n) is 4.60. The molecular formula is C15H17BrN2O. The van der Waals surface area contributed by atoms with Crippen molar-refractivity contribution < 1.29 is 4.74 Å². The Labute approximate surface area is 121 Å². The molecule has 3 nitrogen and oxygen atoms in total. The summed E-state index contributed by atoms with van der Waals surface area (Å²) in [6.07, 6.45) is 4.42. The van der Waals surface area contributed by atoms with Crippen molar-refractivity contribution in [2.24, 2.45) is 5.73 Å². The van der Waals surface area contributed by atoms with E-state index in [0.29, 0.717) is 6.61 Å². The van der Waals surface area contributed by atoms with Crippen LogP contribution < -0.4 is 10.5 Å². The van der Waals surface area contributed by atoms with E-state index in [1.165, 1.54) is 5.56 Å². The first kappa shape index (κ1) is 14.0. The second-order valence-corrected chi connectivity index (χ2v) is 5.45. The van der Waals surface area contributed by atoms with Crippen molar-refractivity contribution in [2.45, 2.75) is 26.0 Å². The number of halogens is 1. The van der Waals surface area contributed by atoms with Gasteiger partial charge in [-0.2, -0.15) is 0 Å². The van der Waals surface area contributed by atoms with Crippen molar-refractivity contribution in [2.75, 3.05) is 0 Å². The predicted octanol–water partition coefficient (Wildman–Crippen LogP) is 3.31. The van der Waals surface area contributed by atoms with Crippen LogP contribution in [0.2, 0.25) is 0 Å². The van der Waals surface area contributed by atoms with Gasteiger partial charge in [0.1, 0.15) is 12.4 Å². The summed E-state index contributed by atoms with van der Waals surface area (Å²) in [5.41, 5.74) is 8.05. The Kier molecular flexibility index (Phi) is 4.93. The summed E-state index contributed by atoms with van der Waals surface area (Å²) in [6, 6.07) is 10.1. The Hall–Kier alpha value is -1.39. The Morgan fingerprint density at radius 2 is 2.16 bits per heavy atom. The molecule has 0 spiro atoms. The highest BCUT2D eigenvalue weighted by Gasteiger charge is 2.05. The molecule has 0 saturated heterocycles. The zero-order chi connectivity index (χ0) is 13.7. The van der Waals surface area contributed by atoms with E-state index in [1.807, 2.05) is 31.2 Å². The molecule has 4 heteroatoms. The summed E-state index contributed by atoms with van der Waals surface area (Å²) in [5, 5.41) is 0. The first-order valence-electron chi connectivity index (χ1n) is 6.21. The highest BCUT2D eigenvalue weighted by atomic mass is 79.9. The highest BCUT2D eigenvalue weighted by molar-refractivity contribution is 9.10. The highest BCUT2D eigenvalue weighted by Crippen LogP contribution is 2.27. The summed E-state index contributed by atoms with van der Waals surface area (Å²) in [4.78, 5) is 4.06. The van der Waals surface area contributed by atoms with Gasteiger partial charge in [0, 0.05) is 24.0 Å². The third-order valence-electron chi connectivity index (χ3n) is 2.67. The van der Waals surface area contributed by atoms with Gasteiger partial charge in [-0.3, -0.25) is 4.98 Å². The van der Waals surface area contributed by atoms with Crippen LogP contribution in [0.15, 0.2) is 47.2 Å². The van der Waals surface area contributed by atoms with Gasteiger partial charge in [-0.15, -0.1) is 0 Å². The lowest BCUT2D eigenvalue weighted by Gasteiger charge is -2.11. The van der Waals surface area contributed by atoms with Gasteiger partial charge in [-0.25, -0.2) is 0 Å². The molecule has 0 aliphatic carbocycles. The van der Waals surface area contributed by atoms with Gasteiger partial charge < -0.3 is 10.5 Å². The molecule has 2 N–H and O–H groups in total. The van der Waals surface area contributed by atoms with E-state index in [0.717, 1.165) is 22.2 Å². The quantitative estimate of drug-likeness (QED) is 0.919. The molecule has 1 heterocycles. The number of aromatic nitrogens is 1. The summed E-state index contributed by atoms with van der Waals surface area (Å²) < 4.78 is 6.72. The summed E-state index contributed by atoms with van der Waals surface area (Å²) in [5.74, 6) is 0.831. The average molecular weight is 321 g/mol. The number of nitrogens with two attached hydrogens (primary N) is 1. The molecule has 0 radical (unpaired) electrons. The zero-order valence-electron chi connectivity index (χ0n) is 10.8. The van der Waals surface area contributed by atoms with Crippen molar-refractivity contribution >= 4 is 15.9 Å². The Morgan fingerprint density at radius 3 is 2.79 bits per heavy atom. The minimum Gasteiger partial charge on any atom is -0.488 e. The molecule has 0 bridgehead atoms. The van der Waals surface area contributed by atoms with Crippen LogP contribution in [0.3, 0.4) is 0 Å². The van der Waals surface area contributed by atoms with Gasteiger partial charge >= 0.3 is 0 Å². The Balaban J connectivity index is 2.01. The Bertz CT molecular complexity index is 529. The molecule has 100 valence electrons. The van der Waals surface area contributed by atoms with E-state index in [4.69, 9.17) is 10.5 Å². The first-order chi connectivity index (χ1) is 9.15. The third-order valence-corrected chi connectivity index (χ3v) is 3.29. The maximum Gasteiger partial charge on any atom is 0.134 e. The fraction of sp³-hybridized carbons (Fsp3) is 0.267. The lowest BCUT2D eigenvalue weighted by atomic mass is 10.1. The van der Waals surface area contributed by atoms with E-state index in [-0.39, 0.29) is 6.04 Å². The predicted molar refractivity (Wildman–Crippen MR) is 80.1 cm³/mol. The molecule has 1 atom stereocenters. The molecule has 1 aromatic heterocycles. The lowest BCUT2D eigenvalue weighted by molar-refractivity contribution is 0.303. The number of hydrogen-bond donors (Lipinski definition) is 1. The number of benzene rings is 1. The van der Waals surface area contributed by atoms with Crippen LogP contribution >= 0.6 is 15.9 Å². The van der Waals surface area contributed by atoms with Crippen LogP contribution in [0.4, 0.5) is 0 Å². The SMILES string of the molecule is CC(N)Cc1ccc(OCc2cccnc2)c(Br)c1. The minimum atomic E-state index is 0.161. The molecule has 0 aliphatic rings. The number of nitrogens with zero attached hydrogens (tertiary/aromatic N) is 1. The van der Waals surface area contributed by atoms with Gasteiger partial charge in [0.15, 0.2) is 0 Å². The van der Waals surface area contributed by atoms with Crippen molar-refractivity contribution in [3.63, 3.8) is 0 Å².